The Morgan fingerprint density at radius 3 is 2.93 bits per heavy atom. The van der Waals surface area contributed by atoms with Crippen molar-refractivity contribution >= 4 is 27.8 Å². The van der Waals surface area contributed by atoms with Crippen molar-refractivity contribution in [1.82, 2.24) is 4.98 Å². The number of rotatable bonds is 3. The summed E-state index contributed by atoms with van der Waals surface area (Å²) in [5.41, 5.74) is 2.40. The van der Waals surface area contributed by atoms with Gasteiger partial charge in [-0.05, 0) is 30.9 Å². The quantitative estimate of drug-likeness (QED) is 0.861. The van der Waals surface area contributed by atoms with E-state index in [1.54, 1.807) is 22.7 Å². The maximum atomic E-state index is 4.52. The number of hydrogen-bond donors (Lipinski definition) is 1. The van der Waals surface area contributed by atoms with Crippen LogP contribution in [0.5, 0.6) is 0 Å². The average Bonchev–Trinajstić information content (AvgIpc) is 2.74. The lowest BCUT2D eigenvalue weighted by atomic mass is 10.2. The minimum atomic E-state index is 0.927. The van der Waals surface area contributed by atoms with Crippen molar-refractivity contribution in [3.05, 3.63) is 22.4 Å². The van der Waals surface area contributed by atoms with Crippen LogP contribution < -0.4 is 5.32 Å². The number of thiophene rings is 1. The number of nitrogens with one attached hydrogen (secondary N) is 1. The minimum absolute atomic E-state index is 0.927. The molecule has 0 unspecified atom stereocenters. The van der Waals surface area contributed by atoms with Crippen molar-refractivity contribution in [1.29, 1.82) is 0 Å². The van der Waals surface area contributed by atoms with Crippen LogP contribution in [0.15, 0.2) is 16.8 Å². The van der Waals surface area contributed by atoms with Gasteiger partial charge >= 0.3 is 0 Å². The predicted molar refractivity (Wildman–Crippen MR) is 64.3 cm³/mol. The topological polar surface area (TPSA) is 24.9 Å². The molecule has 74 valence electrons. The van der Waals surface area contributed by atoms with Crippen LogP contribution in [0.1, 0.15) is 12.5 Å². The summed E-state index contributed by atoms with van der Waals surface area (Å²) >= 11 is 3.42. The molecule has 0 amide bonds. The first-order valence-corrected chi connectivity index (χ1v) is 6.31. The first-order chi connectivity index (χ1) is 6.81. The number of thiazole rings is 1. The highest BCUT2D eigenvalue weighted by Crippen LogP contribution is 2.31. The van der Waals surface area contributed by atoms with Crippen LogP contribution in [0, 0.1) is 6.92 Å². The Hall–Kier alpha value is -0.870. The second-order valence-electron chi connectivity index (χ2n) is 3.00. The molecule has 0 saturated heterocycles. The summed E-state index contributed by atoms with van der Waals surface area (Å²) in [6, 6.07) is 2.13. The largest absolute Gasteiger partial charge is 0.362 e. The number of aromatic nitrogens is 1. The summed E-state index contributed by atoms with van der Waals surface area (Å²) in [6.45, 7) is 5.13. The molecule has 0 bridgehead atoms. The third-order valence-corrected chi connectivity index (χ3v) is 3.77. The molecule has 4 heteroatoms. The van der Waals surface area contributed by atoms with Gasteiger partial charge in [0.15, 0.2) is 5.13 Å². The van der Waals surface area contributed by atoms with Crippen molar-refractivity contribution in [3.8, 4) is 10.6 Å². The molecule has 0 atom stereocenters. The molecular formula is C10H12N2S2. The molecule has 2 heterocycles. The van der Waals surface area contributed by atoms with E-state index in [1.165, 1.54) is 10.4 Å². The van der Waals surface area contributed by atoms with Gasteiger partial charge in [0.25, 0.3) is 0 Å². The third-order valence-electron chi connectivity index (χ3n) is 1.93. The SMILES string of the molecule is CCNc1nc(-c2sccc2C)cs1. The van der Waals surface area contributed by atoms with Crippen LogP contribution in [0.4, 0.5) is 5.13 Å². The molecule has 0 fully saturated rings. The van der Waals surface area contributed by atoms with Gasteiger partial charge in [-0.3, -0.25) is 0 Å². The van der Waals surface area contributed by atoms with E-state index >= 15 is 0 Å². The van der Waals surface area contributed by atoms with E-state index < -0.39 is 0 Å². The molecule has 0 radical (unpaired) electrons. The normalized spacial score (nSPS) is 10.4. The van der Waals surface area contributed by atoms with Crippen molar-refractivity contribution in [2.75, 3.05) is 11.9 Å². The lowest BCUT2D eigenvalue weighted by Gasteiger charge is -1.95. The third kappa shape index (κ3) is 1.81. The van der Waals surface area contributed by atoms with E-state index in [1.807, 2.05) is 0 Å². The van der Waals surface area contributed by atoms with Gasteiger partial charge in [-0.2, -0.15) is 0 Å². The molecule has 2 aromatic rings. The van der Waals surface area contributed by atoms with Crippen molar-refractivity contribution < 1.29 is 0 Å². The molecule has 0 aromatic carbocycles. The highest BCUT2D eigenvalue weighted by Gasteiger charge is 2.07. The van der Waals surface area contributed by atoms with Crippen LogP contribution in [0.3, 0.4) is 0 Å². The molecule has 0 aliphatic rings. The lowest BCUT2D eigenvalue weighted by molar-refractivity contribution is 1.19. The molecular weight excluding hydrogens is 212 g/mol. The fourth-order valence-electron chi connectivity index (χ4n) is 1.25. The maximum absolute atomic E-state index is 4.52. The summed E-state index contributed by atoms with van der Waals surface area (Å²) in [7, 11) is 0. The summed E-state index contributed by atoms with van der Waals surface area (Å²) < 4.78 is 0. The summed E-state index contributed by atoms with van der Waals surface area (Å²) in [5.74, 6) is 0. The Kier molecular flexibility index (Phi) is 2.84. The molecule has 2 nitrogen and oxygen atoms in total. The highest BCUT2D eigenvalue weighted by molar-refractivity contribution is 7.16. The lowest BCUT2D eigenvalue weighted by Crippen LogP contribution is -1.94. The summed E-state index contributed by atoms with van der Waals surface area (Å²) in [4.78, 5) is 5.80. The molecule has 14 heavy (non-hydrogen) atoms. The van der Waals surface area contributed by atoms with Gasteiger partial charge in [0, 0.05) is 11.9 Å². The van der Waals surface area contributed by atoms with Gasteiger partial charge in [-0.25, -0.2) is 4.98 Å². The van der Waals surface area contributed by atoms with Gasteiger partial charge in [0.2, 0.25) is 0 Å². The zero-order valence-corrected chi connectivity index (χ0v) is 9.84. The van der Waals surface area contributed by atoms with Crippen molar-refractivity contribution in [3.63, 3.8) is 0 Å². The van der Waals surface area contributed by atoms with Crippen LogP contribution in [0.25, 0.3) is 10.6 Å². The summed E-state index contributed by atoms with van der Waals surface area (Å²) in [5, 5.41) is 8.45. The zero-order chi connectivity index (χ0) is 9.97. The molecule has 0 saturated carbocycles. The van der Waals surface area contributed by atoms with E-state index in [9.17, 15) is 0 Å². The molecule has 2 rings (SSSR count). The standard InChI is InChI=1S/C10H12N2S2/c1-3-11-10-12-8(6-14-10)9-7(2)4-5-13-9/h4-6H,3H2,1-2H3,(H,11,12). The number of aryl methyl sites for hydroxylation is 1. The molecule has 1 N–H and O–H groups in total. The highest BCUT2D eigenvalue weighted by atomic mass is 32.1. The smallest absolute Gasteiger partial charge is 0.183 e. The Bertz CT molecular complexity index is 417. The van der Waals surface area contributed by atoms with Crippen molar-refractivity contribution in [2.45, 2.75) is 13.8 Å². The van der Waals surface area contributed by atoms with E-state index in [2.05, 4.69) is 41.0 Å². The second kappa shape index (κ2) is 4.11. The Morgan fingerprint density at radius 2 is 2.29 bits per heavy atom. The Labute approximate surface area is 91.6 Å². The predicted octanol–water partition coefficient (Wildman–Crippen LogP) is 3.61. The average molecular weight is 224 g/mol. The first kappa shape index (κ1) is 9.68. The fourth-order valence-corrected chi connectivity index (χ4v) is 2.98. The van der Waals surface area contributed by atoms with Gasteiger partial charge in [0.1, 0.15) is 0 Å². The van der Waals surface area contributed by atoms with Crippen LogP contribution >= 0.6 is 22.7 Å². The number of hydrogen-bond acceptors (Lipinski definition) is 4. The first-order valence-electron chi connectivity index (χ1n) is 4.55. The Morgan fingerprint density at radius 1 is 1.43 bits per heavy atom. The fraction of sp³-hybridized carbons (Fsp3) is 0.300. The molecule has 0 aliphatic heterocycles. The molecule has 0 spiro atoms. The minimum Gasteiger partial charge on any atom is -0.362 e. The molecule has 0 aliphatic carbocycles. The van der Waals surface area contributed by atoms with Gasteiger partial charge in [-0.15, -0.1) is 22.7 Å². The monoisotopic (exact) mass is 224 g/mol. The maximum Gasteiger partial charge on any atom is 0.183 e. The zero-order valence-electron chi connectivity index (χ0n) is 8.20. The number of anilines is 1. The summed E-state index contributed by atoms with van der Waals surface area (Å²) in [6.07, 6.45) is 0. The van der Waals surface area contributed by atoms with E-state index in [4.69, 9.17) is 0 Å². The van der Waals surface area contributed by atoms with Crippen LogP contribution in [-0.4, -0.2) is 11.5 Å². The van der Waals surface area contributed by atoms with Gasteiger partial charge in [-0.1, -0.05) is 0 Å². The van der Waals surface area contributed by atoms with Crippen LogP contribution in [0.2, 0.25) is 0 Å². The van der Waals surface area contributed by atoms with Crippen LogP contribution in [-0.2, 0) is 0 Å². The Balaban J connectivity index is 2.29. The molecule has 2 aromatic heterocycles. The van der Waals surface area contributed by atoms with E-state index in [0.717, 1.165) is 17.4 Å². The number of nitrogens with zero attached hydrogens (tertiary/aromatic N) is 1. The van der Waals surface area contributed by atoms with E-state index in [-0.39, 0.29) is 0 Å². The van der Waals surface area contributed by atoms with E-state index in [0.29, 0.717) is 0 Å². The van der Waals surface area contributed by atoms with Crippen molar-refractivity contribution in [2.24, 2.45) is 0 Å². The van der Waals surface area contributed by atoms with Gasteiger partial charge in [0.05, 0.1) is 10.6 Å². The van der Waals surface area contributed by atoms with Gasteiger partial charge < -0.3 is 5.32 Å². The second-order valence-corrected chi connectivity index (χ2v) is 4.78.